The lowest BCUT2D eigenvalue weighted by Gasteiger charge is -2.32. The SMILES string of the molecule is CNC(=O)[C@@H]1CCCN1c1ccc(C(=NC(=O)[C@H](C)N)NC(=O)CS(C)(=O)=O)cc1C1CCCCC1. The molecule has 3 amide bonds. The number of carbonyl (C=O) groups is 3. The maximum Gasteiger partial charge on any atom is 0.264 e. The van der Waals surface area contributed by atoms with Crippen LogP contribution in [0.3, 0.4) is 0 Å². The number of nitrogens with zero attached hydrogens (tertiary/aromatic N) is 2. The second-order valence-electron chi connectivity index (χ2n) is 9.78. The molecule has 0 unspecified atom stereocenters. The molecule has 0 spiro atoms. The van der Waals surface area contributed by atoms with E-state index in [1.54, 1.807) is 13.1 Å². The highest BCUT2D eigenvalue weighted by Gasteiger charge is 2.33. The van der Waals surface area contributed by atoms with E-state index >= 15 is 0 Å². The van der Waals surface area contributed by atoms with E-state index in [0.29, 0.717) is 5.56 Å². The first-order chi connectivity index (χ1) is 17.0. The van der Waals surface area contributed by atoms with Gasteiger partial charge in [0.1, 0.15) is 17.6 Å². The molecule has 1 aliphatic carbocycles. The molecule has 0 bridgehead atoms. The molecule has 10 nitrogen and oxygen atoms in total. The molecule has 4 N–H and O–H groups in total. The van der Waals surface area contributed by atoms with Crippen molar-refractivity contribution < 1.29 is 22.8 Å². The number of carbonyl (C=O) groups excluding carboxylic acids is 3. The van der Waals surface area contributed by atoms with Crippen LogP contribution in [0.2, 0.25) is 0 Å². The van der Waals surface area contributed by atoms with Gasteiger partial charge in [-0.1, -0.05) is 19.3 Å². The Bertz CT molecular complexity index is 1130. The Morgan fingerprint density at radius 3 is 2.44 bits per heavy atom. The van der Waals surface area contributed by atoms with Crippen molar-refractivity contribution in [1.82, 2.24) is 10.6 Å². The number of sulfone groups is 1. The van der Waals surface area contributed by atoms with Crippen molar-refractivity contribution in [1.29, 1.82) is 0 Å². The summed E-state index contributed by atoms with van der Waals surface area (Å²) < 4.78 is 23.3. The molecular weight excluding hydrogens is 482 g/mol. The van der Waals surface area contributed by atoms with Gasteiger partial charge >= 0.3 is 0 Å². The number of amidine groups is 1. The first-order valence-electron chi connectivity index (χ1n) is 12.5. The Hall–Kier alpha value is -2.79. The van der Waals surface area contributed by atoms with E-state index in [9.17, 15) is 22.8 Å². The van der Waals surface area contributed by atoms with Gasteiger partial charge in [-0.25, -0.2) is 8.42 Å². The minimum absolute atomic E-state index is 0.0241. The maximum atomic E-state index is 12.6. The summed E-state index contributed by atoms with van der Waals surface area (Å²) in [4.78, 5) is 43.5. The summed E-state index contributed by atoms with van der Waals surface area (Å²) in [6.45, 7) is 2.25. The molecular formula is C25H37N5O5S. The third-order valence-electron chi connectivity index (χ3n) is 6.72. The molecule has 1 saturated carbocycles. The van der Waals surface area contributed by atoms with Crippen molar-refractivity contribution in [2.45, 2.75) is 69.9 Å². The lowest BCUT2D eigenvalue weighted by molar-refractivity contribution is -0.122. The van der Waals surface area contributed by atoms with Gasteiger partial charge in [-0.3, -0.25) is 14.4 Å². The number of hydrogen-bond acceptors (Lipinski definition) is 7. The summed E-state index contributed by atoms with van der Waals surface area (Å²) in [6, 6.07) is 4.43. The molecule has 1 aliphatic heterocycles. The fourth-order valence-electron chi connectivity index (χ4n) is 4.98. The fraction of sp³-hybridized carbons (Fsp3) is 0.600. The highest BCUT2D eigenvalue weighted by atomic mass is 32.2. The first-order valence-corrected chi connectivity index (χ1v) is 14.5. The molecule has 36 heavy (non-hydrogen) atoms. The van der Waals surface area contributed by atoms with Crippen LogP contribution in [-0.2, 0) is 24.2 Å². The number of nitrogens with one attached hydrogen (secondary N) is 2. The third-order valence-corrected chi connectivity index (χ3v) is 7.51. The lowest BCUT2D eigenvalue weighted by atomic mass is 9.82. The van der Waals surface area contributed by atoms with Gasteiger partial charge in [-0.2, -0.15) is 4.99 Å². The van der Waals surface area contributed by atoms with Gasteiger partial charge in [0.25, 0.3) is 5.91 Å². The van der Waals surface area contributed by atoms with Crippen LogP contribution in [0.1, 0.15) is 68.9 Å². The van der Waals surface area contributed by atoms with Crippen LogP contribution in [0.5, 0.6) is 0 Å². The molecule has 2 fully saturated rings. The lowest BCUT2D eigenvalue weighted by Crippen LogP contribution is -2.42. The predicted octanol–water partition coefficient (Wildman–Crippen LogP) is 1.23. The predicted molar refractivity (Wildman–Crippen MR) is 140 cm³/mol. The third kappa shape index (κ3) is 7.13. The minimum Gasteiger partial charge on any atom is -0.359 e. The van der Waals surface area contributed by atoms with Gasteiger partial charge in [0.05, 0.1) is 6.04 Å². The second kappa shape index (κ2) is 12.0. The van der Waals surface area contributed by atoms with Crippen LogP contribution in [0.4, 0.5) is 5.69 Å². The van der Waals surface area contributed by atoms with Crippen LogP contribution >= 0.6 is 0 Å². The molecule has 0 radical (unpaired) electrons. The molecule has 0 aromatic heterocycles. The molecule has 11 heteroatoms. The van der Waals surface area contributed by atoms with Crippen molar-refractivity contribution in [2.75, 3.05) is 30.5 Å². The molecule has 2 atom stereocenters. The Labute approximate surface area is 213 Å². The zero-order chi connectivity index (χ0) is 26.5. The van der Waals surface area contributed by atoms with Crippen LogP contribution < -0.4 is 21.3 Å². The summed E-state index contributed by atoms with van der Waals surface area (Å²) in [5, 5.41) is 5.27. The summed E-state index contributed by atoms with van der Waals surface area (Å²) in [7, 11) is -1.94. The Morgan fingerprint density at radius 1 is 1.14 bits per heavy atom. The number of likely N-dealkylation sites (N-methyl/N-ethyl adjacent to an activating group) is 1. The van der Waals surface area contributed by atoms with Crippen LogP contribution in [0, 0.1) is 0 Å². The van der Waals surface area contributed by atoms with Crippen molar-refractivity contribution in [2.24, 2.45) is 10.7 Å². The minimum atomic E-state index is -3.58. The van der Waals surface area contributed by atoms with Gasteiger partial charge < -0.3 is 21.3 Å². The largest absolute Gasteiger partial charge is 0.359 e. The fourth-order valence-corrected chi connectivity index (χ4v) is 5.53. The smallest absolute Gasteiger partial charge is 0.264 e. The average Bonchev–Trinajstić information content (AvgIpc) is 3.32. The Balaban J connectivity index is 2.07. The van der Waals surface area contributed by atoms with Crippen molar-refractivity contribution in [3.05, 3.63) is 29.3 Å². The van der Waals surface area contributed by atoms with Crippen LogP contribution in [0.25, 0.3) is 0 Å². The van der Waals surface area contributed by atoms with E-state index in [4.69, 9.17) is 5.73 Å². The normalized spacial score (nSPS) is 20.2. The van der Waals surface area contributed by atoms with E-state index in [-0.39, 0.29) is 23.7 Å². The highest BCUT2D eigenvalue weighted by Crippen LogP contribution is 2.40. The number of nitrogens with two attached hydrogens (primary N) is 1. The average molecular weight is 520 g/mol. The summed E-state index contributed by atoms with van der Waals surface area (Å²) in [5.41, 5.74) is 8.20. The van der Waals surface area contributed by atoms with Gasteiger partial charge in [-0.15, -0.1) is 0 Å². The van der Waals surface area contributed by atoms with Crippen molar-refractivity contribution in [3.8, 4) is 0 Å². The van der Waals surface area contributed by atoms with Gasteiger partial charge in [0.2, 0.25) is 11.8 Å². The van der Waals surface area contributed by atoms with Gasteiger partial charge in [0.15, 0.2) is 9.84 Å². The first kappa shape index (κ1) is 27.8. The number of benzene rings is 1. The number of rotatable bonds is 7. The second-order valence-corrected chi connectivity index (χ2v) is 11.9. The molecule has 1 aromatic rings. The summed E-state index contributed by atoms with van der Waals surface area (Å²) in [6.07, 6.45) is 8.01. The molecule has 1 heterocycles. The topological polar surface area (TPSA) is 151 Å². The quantitative estimate of drug-likeness (QED) is 0.362. The highest BCUT2D eigenvalue weighted by molar-refractivity contribution is 7.91. The van der Waals surface area contributed by atoms with Crippen LogP contribution in [-0.4, -0.2) is 69.7 Å². The molecule has 1 aromatic carbocycles. The standard InChI is InChI=1S/C25H37N5O5S/c1-16(26)24(32)29-23(28-22(31)15-36(3,34)35)18-11-12-20(19(14-18)17-8-5-4-6-9-17)30-13-7-10-21(30)25(33)27-2/h11-12,14,16-17,21H,4-10,13,15,26H2,1-3H3,(H,27,33)(H,28,29,31,32)/t16-,21-/m0/s1. The van der Waals surface area contributed by atoms with Gasteiger partial charge in [-0.05, 0) is 62.3 Å². The van der Waals surface area contributed by atoms with E-state index in [1.807, 2.05) is 12.1 Å². The number of aliphatic imine (C=N–C) groups is 1. The molecule has 1 saturated heterocycles. The Kier molecular flexibility index (Phi) is 9.24. The summed E-state index contributed by atoms with van der Waals surface area (Å²) >= 11 is 0. The molecule has 2 aliphatic rings. The molecule has 198 valence electrons. The monoisotopic (exact) mass is 519 g/mol. The Morgan fingerprint density at radius 2 is 1.83 bits per heavy atom. The van der Waals surface area contributed by atoms with Crippen molar-refractivity contribution >= 4 is 39.1 Å². The van der Waals surface area contributed by atoms with Gasteiger partial charge in [0, 0.05) is 31.1 Å². The number of amides is 3. The maximum absolute atomic E-state index is 12.6. The zero-order valence-corrected chi connectivity index (χ0v) is 22.1. The number of anilines is 1. The summed E-state index contributed by atoms with van der Waals surface area (Å²) in [5.74, 6) is -1.93. The van der Waals surface area contributed by atoms with E-state index in [2.05, 4.69) is 20.5 Å². The van der Waals surface area contributed by atoms with E-state index in [0.717, 1.165) is 62.6 Å². The van der Waals surface area contributed by atoms with E-state index in [1.165, 1.54) is 13.3 Å². The van der Waals surface area contributed by atoms with Crippen LogP contribution in [0.15, 0.2) is 23.2 Å². The van der Waals surface area contributed by atoms with Crippen molar-refractivity contribution in [3.63, 3.8) is 0 Å². The molecule has 3 rings (SSSR count). The number of hydrogen-bond donors (Lipinski definition) is 3. The van der Waals surface area contributed by atoms with E-state index < -0.39 is 33.4 Å². The zero-order valence-electron chi connectivity index (χ0n) is 21.2.